The van der Waals surface area contributed by atoms with Gasteiger partial charge in [0.15, 0.2) is 0 Å². The normalized spacial score (nSPS) is 17.8. The molecule has 0 saturated carbocycles. The molecule has 4 nitrogen and oxygen atoms in total. The zero-order valence-corrected chi connectivity index (χ0v) is 10.7. The Morgan fingerprint density at radius 3 is 2.65 bits per heavy atom. The number of carbonyl (C=O) groups is 1. The van der Waals surface area contributed by atoms with Gasteiger partial charge in [-0.1, -0.05) is 6.92 Å². The largest absolute Gasteiger partial charge is 0.335 e. The van der Waals surface area contributed by atoms with E-state index in [-0.39, 0.29) is 11.4 Å². The Balaban J connectivity index is 2.12. The number of carbonyl (C=O) groups excluding carboxylic acids is 1. The Morgan fingerprint density at radius 1 is 1.47 bits per heavy atom. The fraction of sp³-hybridized carbons (Fsp3) is 0.538. The second-order valence-corrected chi connectivity index (χ2v) is 4.96. The van der Waals surface area contributed by atoms with Crippen molar-refractivity contribution in [1.29, 1.82) is 0 Å². The number of rotatable bonds is 2. The number of amides is 1. The van der Waals surface area contributed by atoms with Crippen molar-refractivity contribution >= 4 is 5.91 Å². The highest BCUT2D eigenvalue weighted by atomic mass is 16.2. The lowest BCUT2D eigenvalue weighted by Crippen LogP contribution is -2.68. The molecule has 1 aromatic heterocycles. The first-order chi connectivity index (χ1) is 7.95. The van der Waals surface area contributed by atoms with Crippen LogP contribution in [0.1, 0.15) is 35.1 Å². The van der Waals surface area contributed by atoms with E-state index in [9.17, 15) is 4.79 Å². The van der Waals surface area contributed by atoms with Gasteiger partial charge < -0.3 is 10.6 Å². The summed E-state index contributed by atoms with van der Waals surface area (Å²) in [6, 6.07) is 3.72. The van der Waals surface area contributed by atoms with Crippen LogP contribution < -0.4 is 5.73 Å². The number of nitrogens with zero attached hydrogens (tertiary/aromatic N) is 2. The average molecular weight is 233 g/mol. The smallest absolute Gasteiger partial charge is 0.255 e. The van der Waals surface area contributed by atoms with Gasteiger partial charge >= 0.3 is 0 Å². The van der Waals surface area contributed by atoms with E-state index >= 15 is 0 Å². The van der Waals surface area contributed by atoms with Gasteiger partial charge in [0.2, 0.25) is 0 Å². The number of pyridine rings is 1. The van der Waals surface area contributed by atoms with Crippen LogP contribution >= 0.6 is 0 Å². The number of aromatic nitrogens is 1. The maximum atomic E-state index is 12.2. The molecular weight excluding hydrogens is 214 g/mol. The second kappa shape index (κ2) is 4.11. The van der Waals surface area contributed by atoms with Gasteiger partial charge in [-0.3, -0.25) is 9.78 Å². The summed E-state index contributed by atoms with van der Waals surface area (Å²) in [7, 11) is 0. The maximum Gasteiger partial charge on any atom is 0.255 e. The van der Waals surface area contributed by atoms with Crippen LogP contribution in [-0.2, 0) is 0 Å². The van der Waals surface area contributed by atoms with E-state index in [4.69, 9.17) is 5.73 Å². The third-order valence-electron chi connectivity index (χ3n) is 3.46. The molecular formula is C13H19N3O. The first kappa shape index (κ1) is 12.0. The number of aryl methyl sites for hydroxylation is 2. The number of likely N-dealkylation sites (tertiary alicyclic amines) is 1. The summed E-state index contributed by atoms with van der Waals surface area (Å²) in [6.07, 6.45) is 0.905. The molecule has 0 radical (unpaired) electrons. The topological polar surface area (TPSA) is 59.2 Å². The zero-order chi connectivity index (χ0) is 12.6. The molecule has 2 rings (SSSR count). The number of hydrogen-bond acceptors (Lipinski definition) is 3. The molecule has 1 amide bonds. The number of nitrogens with two attached hydrogens (primary N) is 1. The Morgan fingerprint density at radius 2 is 2.12 bits per heavy atom. The molecule has 92 valence electrons. The van der Waals surface area contributed by atoms with Crippen LogP contribution in [0.4, 0.5) is 0 Å². The van der Waals surface area contributed by atoms with Gasteiger partial charge in [-0.15, -0.1) is 0 Å². The van der Waals surface area contributed by atoms with E-state index in [2.05, 4.69) is 11.9 Å². The van der Waals surface area contributed by atoms with Gasteiger partial charge in [0.05, 0.1) is 16.8 Å². The summed E-state index contributed by atoms with van der Waals surface area (Å²) in [5, 5.41) is 0. The van der Waals surface area contributed by atoms with Gasteiger partial charge in [0, 0.05) is 18.8 Å². The Labute approximate surface area is 102 Å². The highest BCUT2D eigenvalue weighted by Crippen LogP contribution is 2.24. The minimum Gasteiger partial charge on any atom is -0.335 e. The van der Waals surface area contributed by atoms with Gasteiger partial charge in [-0.2, -0.15) is 0 Å². The molecule has 0 spiro atoms. The van der Waals surface area contributed by atoms with E-state index < -0.39 is 0 Å². The third-order valence-corrected chi connectivity index (χ3v) is 3.46. The van der Waals surface area contributed by atoms with E-state index in [0.717, 1.165) is 17.8 Å². The Kier molecular flexibility index (Phi) is 2.91. The van der Waals surface area contributed by atoms with Crippen LogP contribution in [0, 0.1) is 13.8 Å². The first-order valence-corrected chi connectivity index (χ1v) is 5.97. The molecule has 1 saturated heterocycles. The van der Waals surface area contributed by atoms with Crippen LogP contribution in [-0.4, -0.2) is 34.4 Å². The van der Waals surface area contributed by atoms with Gasteiger partial charge in [0.1, 0.15) is 0 Å². The fourth-order valence-electron chi connectivity index (χ4n) is 2.16. The third kappa shape index (κ3) is 2.17. The Hall–Kier alpha value is -1.42. The molecule has 1 aromatic rings. The highest BCUT2D eigenvalue weighted by Gasteiger charge is 2.40. The predicted octanol–water partition coefficient (Wildman–Crippen LogP) is 1.26. The molecule has 0 unspecified atom stereocenters. The summed E-state index contributed by atoms with van der Waals surface area (Å²) in [5.74, 6) is 0.0459. The lowest BCUT2D eigenvalue weighted by molar-refractivity contribution is 0.0400. The molecule has 1 fully saturated rings. The maximum absolute atomic E-state index is 12.2. The first-order valence-electron chi connectivity index (χ1n) is 5.97. The minimum absolute atomic E-state index is 0.0459. The summed E-state index contributed by atoms with van der Waals surface area (Å²) < 4.78 is 0. The molecule has 2 N–H and O–H groups in total. The quantitative estimate of drug-likeness (QED) is 0.836. The van der Waals surface area contributed by atoms with Gasteiger partial charge in [0.25, 0.3) is 5.91 Å². The summed E-state index contributed by atoms with van der Waals surface area (Å²) in [5.41, 5.74) is 8.30. The van der Waals surface area contributed by atoms with Crippen LogP contribution in [0.25, 0.3) is 0 Å². The zero-order valence-electron chi connectivity index (χ0n) is 10.7. The molecule has 0 bridgehead atoms. The molecule has 17 heavy (non-hydrogen) atoms. The molecule has 0 aromatic carbocycles. The van der Waals surface area contributed by atoms with Crippen LogP contribution in [0.3, 0.4) is 0 Å². The lowest BCUT2D eigenvalue weighted by Gasteiger charge is -2.47. The van der Waals surface area contributed by atoms with Crippen LogP contribution in [0.15, 0.2) is 12.1 Å². The molecule has 2 heterocycles. The van der Waals surface area contributed by atoms with Gasteiger partial charge in [-0.25, -0.2) is 0 Å². The Bertz CT molecular complexity index is 450. The van der Waals surface area contributed by atoms with Crippen molar-refractivity contribution in [2.75, 3.05) is 13.1 Å². The summed E-state index contributed by atoms with van der Waals surface area (Å²) in [6.45, 7) is 7.15. The van der Waals surface area contributed by atoms with Crippen molar-refractivity contribution in [2.45, 2.75) is 32.7 Å². The SMILES string of the molecule is CCC1(N)CN(C(=O)c2ccc(C)nc2C)C1. The van der Waals surface area contributed by atoms with Crippen LogP contribution in [0.2, 0.25) is 0 Å². The average Bonchev–Trinajstić information content (AvgIpc) is 2.24. The van der Waals surface area contributed by atoms with Crippen molar-refractivity contribution < 1.29 is 4.79 Å². The van der Waals surface area contributed by atoms with Crippen LogP contribution in [0.5, 0.6) is 0 Å². The van der Waals surface area contributed by atoms with Crippen molar-refractivity contribution in [3.05, 3.63) is 29.1 Å². The minimum atomic E-state index is -0.179. The molecule has 1 aliphatic rings. The van der Waals surface area contributed by atoms with E-state index in [1.165, 1.54) is 0 Å². The van der Waals surface area contributed by atoms with Crippen molar-refractivity contribution in [3.63, 3.8) is 0 Å². The highest BCUT2D eigenvalue weighted by molar-refractivity contribution is 5.96. The molecule has 1 aliphatic heterocycles. The van der Waals surface area contributed by atoms with Gasteiger partial charge in [-0.05, 0) is 32.4 Å². The second-order valence-electron chi connectivity index (χ2n) is 4.96. The van der Waals surface area contributed by atoms with Crippen molar-refractivity contribution in [2.24, 2.45) is 5.73 Å². The molecule has 4 heteroatoms. The number of hydrogen-bond donors (Lipinski definition) is 1. The van der Waals surface area contributed by atoms with E-state index in [0.29, 0.717) is 18.7 Å². The van der Waals surface area contributed by atoms with E-state index in [1.54, 1.807) is 4.90 Å². The van der Waals surface area contributed by atoms with Crippen molar-refractivity contribution in [3.8, 4) is 0 Å². The van der Waals surface area contributed by atoms with E-state index in [1.807, 2.05) is 26.0 Å². The summed E-state index contributed by atoms with van der Waals surface area (Å²) in [4.78, 5) is 18.3. The van der Waals surface area contributed by atoms with Crippen molar-refractivity contribution in [1.82, 2.24) is 9.88 Å². The standard InChI is InChI=1S/C13H19N3O/c1-4-13(14)7-16(8-13)12(17)11-6-5-9(2)15-10(11)3/h5-6H,4,7-8,14H2,1-3H3. The molecule has 0 atom stereocenters. The monoisotopic (exact) mass is 233 g/mol. The lowest BCUT2D eigenvalue weighted by atomic mass is 9.87. The summed E-state index contributed by atoms with van der Waals surface area (Å²) >= 11 is 0. The predicted molar refractivity (Wildman–Crippen MR) is 66.8 cm³/mol. The molecule has 0 aliphatic carbocycles. The fourth-order valence-corrected chi connectivity index (χ4v) is 2.16.